The molecule has 0 spiro atoms. The van der Waals surface area contributed by atoms with Gasteiger partial charge in [-0.25, -0.2) is 0 Å². The van der Waals surface area contributed by atoms with Crippen LogP contribution in [0.3, 0.4) is 0 Å². The second kappa shape index (κ2) is 54.1. The van der Waals surface area contributed by atoms with Crippen LogP contribution < -0.4 is 5.32 Å². The Bertz CT molecular complexity index is 1840. The SMILES string of the molecule is CC/C=C\C/C=C\C/C=C\C/C=C\C/C=C\C/C=C\CCCCCCCC(O)C(=O)NC(COC1OC(CO)C(O)C(O)C1OC(=O)CCC/C=C/C=C\C=C/C=C/C=C/CC)C(O)/C=C/CCCCCCCCCCCCC. The molecule has 446 valence electrons. The summed E-state index contributed by atoms with van der Waals surface area (Å²) >= 11 is 0. The monoisotopic (exact) mass is 1100 g/mol. The van der Waals surface area contributed by atoms with Gasteiger partial charge in [0.25, 0.3) is 0 Å². The molecule has 0 bridgehead atoms. The third-order valence-electron chi connectivity index (χ3n) is 13.4. The molecule has 79 heavy (non-hydrogen) atoms. The third-order valence-corrected chi connectivity index (χ3v) is 13.4. The van der Waals surface area contributed by atoms with E-state index in [0.29, 0.717) is 19.3 Å². The average molecular weight is 1100 g/mol. The van der Waals surface area contributed by atoms with Crippen molar-refractivity contribution in [2.24, 2.45) is 0 Å². The molecule has 1 aliphatic rings. The summed E-state index contributed by atoms with van der Waals surface area (Å²) in [5.74, 6) is -1.30. The maximum absolute atomic E-state index is 13.4. The lowest BCUT2D eigenvalue weighted by atomic mass is 9.99. The Balaban J connectivity index is 2.72. The van der Waals surface area contributed by atoms with Gasteiger partial charge in [-0.2, -0.15) is 0 Å². The minimum atomic E-state index is -1.66. The van der Waals surface area contributed by atoms with Gasteiger partial charge in [0.15, 0.2) is 12.4 Å². The summed E-state index contributed by atoms with van der Waals surface area (Å²) in [6.07, 6.45) is 67.5. The summed E-state index contributed by atoms with van der Waals surface area (Å²) in [4.78, 5) is 26.5. The number of unbranched alkanes of at least 4 members (excludes halogenated alkanes) is 17. The number of hydrogen-bond acceptors (Lipinski definition) is 10. The molecule has 1 aliphatic heterocycles. The highest BCUT2D eigenvalue weighted by atomic mass is 16.7. The number of carbonyl (C=O) groups excluding carboxylic acids is 2. The molecule has 0 aromatic carbocycles. The van der Waals surface area contributed by atoms with Gasteiger partial charge in [-0.15, -0.1) is 0 Å². The second-order valence-corrected chi connectivity index (χ2v) is 20.4. The quantitative estimate of drug-likeness (QED) is 0.0149. The number of amides is 1. The highest BCUT2D eigenvalue weighted by molar-refractivity contribution is 5.80. The molecule has 0 aliphatic carbocycles. The van der Waals surface area contributed by atoms with E-state index >= 15 is 0 Å². The van der Waals surface area contributed by atoms with Crippen LogP contribution in [0.5, 0.6) is 0 Å². The van der Waals surface area contributed by atoms with E-state index in [0.717, 1.165) is 103 Å². The number of allylic oxidation sites excluding steroid dienone is 23. The smallest absolute Gasteiger partial charge is 0.306 e. The van der Waals surface area contributed by atoms with E-state index in [2.05, 4.69) is 105 Å². The van der Waals surface area contributed by atoms with Crippen LogP contribution in [0.1, 0.15) is 207 Å². The van der Waals surface area contributed by atoms with E-state index in [1.165, 1.54) is 51.4 Å². The minimum Gasteiger partial charge on any atom is -0.454 e. The van der Waals surface area contributed by atoms with E-state index in [-0.39, 0.29) is 19.4 Å². The first kappa shape index (κ1) is 72.6. The van der Waals surface area contributed by atoms with Crippen molar-refractivity contribution in [3.8, 4) is 0 Å². The van der Waals surface area contributed by atoms with Gasteiger partial charge in [0, 0.05) is 6.42 Å². The van der Waals surface area contributed by atoms with Crippen molar-refractivity contribution in [2.45, 2.75) is 256 Å². The normalized spacial score (nSPS) is 19.9. The maximum atomic E-state index is 13.4. The van der Waals surface area contributed by atoms with E-state index in [1.54, 1.807) is 6.08 Å². The molecule has 0 saturated carbocycles. The molecular formula is C68H109NO10. The molecule has 8 unspecified atom stereocenters. The van der Waals surface area contributed by atoms with Crippen molar-refractivity contribution in [1.82, 2.24) is 5.32 Å². The summed E-state index contributed by atoms with van der Waals surface area (Å²) in [5.41, 5.74) is 0. The molecular weight excluding hydrogens is 991 g/mol. The molecule has 1 heterocycles. The van der Waals surface area contributed by atoms with Crippen molar-refractivity contribution in [2.75, 3.05) is 13.2 Å². The van der Waals surface area contributed by atoms with Crippen LogP contribution in [0.4, 0.5) is 0 Å². The fraction of sp³-hybridized carbons (Fsp3) is 0.618. The van der Waals surface area contributed by atoms with Gasteiger partial charge < -0.3 is 45.1 Å². The maximum Gasteiger partial charge on any atom is 0.306 e. The van der Waals surface area contributed by atoms with Gasteiger partial charge in [0.05, 0.1) is 25.4 Å². The van der Waals surface area contributed by atoms with Gasteiger partial charge in [-0.3, -0.25) is 9.59 Å². The molecule has 1 rings (SSSR count). The molecule has 1 saturated heterocycles. The van der Waals surface area contributed by atoms with Crippen molar-refractivity contribution in [1.29, 1.82) is 0 Å². The molecule has 11 nitrogen and oxygen atoms in total. The number of carbonyl (C=O) groups is 2. The number of nitrogens with one attached hydrogen (secondary N) is 1. The molecule has 0 radical (unpaired) electrons. The fourth-order valence-electron chi connectivity index (χ4n) is 8.57. The zero-order valence-electron chi connectivity index (χ0n) is 49.2. The second-order valence-electron chi connectivity index (χ2n) is 20.4. The van der Waals surface area contributed by atoms with E-state index in [1.807, 2.05) is 60.8 Å². The Hall–Kier alpha value is -4.46. The molecule has 1 fully saturated rings. The average Bonchev–Trinajstić information content (AvgIpc) is 3.48. The Morgan fingerprint density at radius 1 is 0.519 bits per heavy atom. The van der Waals surface area contributed by atoms with Crippen LogP contribution in [0.25, 0.3) is 0 Å². The van der Waals surface area contributed by atoms with Gasteiger partial charge in [-0.05, 0) is 89.9 Å². The van der Waals surface area contributed by atoms with Gasteiger partial charge in [0.2, 0.25) is 5.91 Å². The number of ether oxygens (including phenoxy) is 3. The van der Waals surface area contributed by atoms with Crippen LogP contribution in [0, 0.1) is 0 Å². The van der Waals surface area contributed by atoms with Crippen LogP contribution in [0.2, 0.25) is 0 Å². The summed E-state index contributed by atoms with van der Waals surface area (Å²) < 4.78 is 17.5. The van der Waals surface area contributed by atoms with Crippen molar-refractivity contribution < 1.29 is 49.3 Å². The summed E-state index contributed by atoms with van der Waals surface area (Å²) in [5, 5.41) is 56.9. The lowest BCUT2D eigenvalue weighted by Gasteiger charge is -2.41. The Morgan fingerprint density at radius 2 is 0.975 bits per heavy atom. The number of hydrogen-bond donors (Lipinski definition) is 6. The van der Waals surface area contributed by atoms with E-state index in [4.69, 9.17) is 14.2 Å². The number of aliphatic hydroxyl groups is 5. The zero-order chi connectivity index (χ0) is 57.5. The lowest BCUT2D eigenvalue weighted by Crippen LogP contribution is -2.61. The standard InChI is InChI=1S/C68H109NO10/c1-4-7-10-13-16-19-22-25-26-27-28-29-30-31-32-33-34-35-38-40-43-46-49-52-55-61(72)67(76)69-59(60(71)54-51-48-45-42-39-36-23-20-17-14-11-8-5-2)58-77-68-66(65(75)64(74)62(57-70)78-68)79-63(73)56-53-50-47-44-41-37-24-21-18-15-12-9-6-3/h7,9-10,12,15-16,18-19,21,24-26,28-29,31-32,34-35,37,41,44,47,51,54,59-62,64-66,68,70-72,74-75H,4-6,8,11,13-14,17,20,22-23,27,30,33,36,38-40,42-43,45-46,48-50,52-53,55-58H2,1-3H3,(H,69,76)/b10-7-,12-9+,18-15+,19-16-,24-21-,26-25-,29-28-,32-31-,35-34-,41-37-,47-44+,54-51+. The Labute approximate surface area is 479 Å². The molecule has 11 heteroatoms. The summed E-state index contributed by atoms with van der Waals surface area (Å²) in [6.45, 7) is 5.45. The number of aliphatic hydroxyl groups excluding tert-OH is 5. The number of rotatable bonds is 49. The highest BCUT2D eigenvalue weighted by Crippen LogP contribution is 2.26. The third kappa shape index (κ3) is 42.1. The minimum absolute atomic E-state index is 0.0169. The number of esters is 1. The molecule has 0 aromatic rings. The topological polar surface area (TPSA) is 175 Å². The Kier molecular flexibility index (Phi) is 49.7. The summed E-state index contributed by atoms with van der Waals surface area (Å²) in [6, 6.07) is -1.06. The zero-order valence-corrected chi connectivity index (χ0v) is 49.2. The van der Waals surface area contributed by atoms with Gasteiger partial charge in [0.1, 0.15) is 24.4 Å². The molecule has 0 aromatic heterocycles. The van der Waals surface area contributed by atoms with Crippen molar-refractivity contribution >= 4 is 11.9 Å². The van der Waals surface area contributed by atoms with E-state index < -0.39 is 67.4 Å². The van der Waals surface area contributed by atoms with E-state index in [9.17, 15) is 35.1 Å². The van der Waals surface area contributed by atoms with Gasteiger partial charge >= 0.3 is 5.97 Å². The van der Waals surface area contributed by atoms with Crippen molar-refractivity contribution in [3.63, 3.8) is 0 Å². The first-order valence-corrected chi connectivity index (χ1v) is 30.7. The van der Waals surface area contributed by atoms with Crippen molar-refractivity contribution in [3.05, 3.63) is 146 Å². The fourth-order valence-corrected chi connectivity index (χ4v) is 8.57. The van der Waals surface area contributed by atoms with Crippen LogP contribution in [0.15, 0.2) is 146 Å². The molecule has 8 atom stereocenters. The first-order chi connectivity index (χ1) is 38.7. The van der Waals surface area contributed by atoms with Crippen LogP contribution >= 0.6 is 0 Å². The largest absolute Gasteiger partial charge is 0.454 e. The van der Waals surface area contributed by atoms with Gasteiger partial charge in [-0.1, -0.05) is 256 Å². The predicted octanol–water partition coefficient (Wildman–Crippen LogP) is 14.6. The van der Waals surface area contributed by atoms with Crippen LogP contribution in [-0.4, -0.2) is 99.6 Å². The highest BCUT2D eigenvalue weighted by Gasteiger charge is 2.47. The molecule has 6 N–H and O–H groups in total. The molecule has 1 amide bonds. The summed E-state index contributed by atoms with van der Waals surface area (Å²) in [7, 11) is 0. The predicted molar refractivity (Wildman–Crippen MR) is 328 cm³/mol. The lowest BCUT2D eigenvalue weighted by molar-refractivity contribution is -0.305. The Morgan fingerprint density at radius 3 is 1.51 bits per heavy atom. The first-order valence-electron chi connectivity index (χ1n) is 30.7. The van der Waals surface area contributed by atoms with Crippen LogP contribution in [-0.2, 0) is 23.8 Å².